The topological polar surface area (TPSA) is 76.6 Å². The largest absolute Gasteiger partial charge is 0.433 e. The van der Waals surface area contributed by atoms with Gasteiger partial charge in [0.2, 0.25) is 0 Å². The van der Waals surface area contributed by atoms with Gasteiger partial charge in [0.15, 0.2) is 5.76 Å². The molecule has 0 unspecified atom stereocenters. The van der Waals surface area contributed by atoms with Crippen molar-refractivity contribution in [2.75, 3.05) is 6.54 Å². The maximum absolute atomic E-state index is 12.3. The fourth-order valence-corrected chi connectivity index (χ4v) is 2.64. The van der Waals surface area contributed by atoms with Gasteiger partial charge in [0, 0.05) is 12.6 Å². The number of rotatable bonds is 4. The molecule has 0 atom stereocenters. The van der Waals surface area contributed by atoms with E-state index < -0.39 is 4.92 Å². The van der Waals surface area contributed by atoms with E-state index in [2.05, 4.69) is 0 Å². The summed E-state index contributed by atoms with van der Waals surface area (Å²) in [6, 6.07) is 2.84. The average Bonchev–Trinajstić information content (AvgIpc) is 2.90. The first-order chi connectivity index (χ1) is 9.13. The number of hydrogen-bond donors (Lipinski definition) is 0. The summed E-state index contributed by atoms with van der Waals surface area (Å²) < 4.78 is 4.99. The highest BCUT2D eigenvalue weighted by molar-refractivity contribution is 5.92. The van der Waals surface area contributed by atoms with Gasteiger partial charge in [-0.2, -0.15) is 0 Å². The van der Waals surface area contributed by atoms with Gasteiger partial charge in [-0.1, -0.05) is 19.3 Å². The number of carbonyl (C=O) groups is 1. The Labute approximate surface area is 111 Å². The Kier molecular flexibility index (Phi) is 4.19. The standard InChI is InChI=1S/C13H18N2O4/c1-2-14(10-6-4-3-5-7-10)13(16)11-8-9-12(19-11)15(17)18/h8-10H,2-7H2,1H3. The summed E-state index contributed by atoms with van der Waals surface area (Å²) in [6.45, 7) is 2.52. The molecule has 1 aliphatic rings. The highest BCUT2D eigenvalue weighted by Gasteiger charge is 2.28. The molecule has 6 nitrogen and oxygen atoms in total. The molecule has 0 radical (unpaired) electrons. The number of amides is 1. The van der Waals surface area contributed by atoms with Crippen molar-refractivity contribution in [1.29, 1.82) is 0 Å². The summed E-state index contributed by atoms with van der Waals surface area (Å²) in [5.41, 5.74) is 0. The normalized spacial score (nSPS) is 16.3. The molecule has 1 aromatic rings. The van der Waals surface area contributed by atoms with Crippen LogP contribution in [0.15, 0.2) is 16.5 Å². The van der Waals surface area contributed by atoms with E-state index in [1.54, 1.807) is 4.90 Å². The molecule has 0 N–H and O–H groups in total. The second-order valence-corrected chi connectivity index (χ2v) is 4.78. The molecule has 1 heterocycles. The lowest BCUT2D eigenvalue weighted by molar-refractivity contribution is -0.402. The Hall–Kier alpha value is -1.85. The van der Waals surface area contributed by atoms with Gasteiger partial charge >= 0.3 is 5.88 Å². The van der Waals surface area contributed by atoms with Crippen molar-refractivity contribution >= 4 is 11.8 Å². The highest BCUT2D eigenvalue weighted by Crippen LogP contribution is 2.25. The number of furan rings is 1. The monoisotopic (exact) mass is 266 g/mol. The van der Waals surface area contributed by atoms with Gasteiger partial charge in [0.25, 0.3) is 5.91 Å². The second-order valence-electron chi connectivity index (χ2n) is 4.78. The van der Waals surface area contributed by atoms with Crippen molar-refractivity contribution in [1.82, 2.24) is 4.90 Å². The molecule has 104 valence electrons. The van der Waals surface area contributed by atoms with Crippen LogP contribution in [0.1, 0.15) is 49.6 Å². The zero-order chi connectivity index (χ0) is 13.8. The molecule has 0 aliphatic heterocycles. The van der Waals surface area contributed by atoms with Crippen LogP contribution < -0.4 is 0 Å². The quantitative estimate of drug-likeness (QED) is 0.620. The first kappa shape index (κ1) is 13.6. The van der Waals surface area contributed by atoms with Gasteiger partial charge in [-0.15, -0.1) is 0 Å². The lowest BCUT2D eigenvalue weighted by Gasteiger charge is -2.32. The van der Waals surface area contributed by atoms with Crippen molar-refractivity contribution in [2.45, 2.75) is 45.1 Å². The molecule has 1 saturated carbocycles. The number of nitro groups is 1. The summed E-state index contributed by atoms with van der Waals surface area (Å²) in [4.78, 5) is 24.0. The highest BCUT2D eigenvalue weighted by atomic mass is 16.6. The smallest absolute Gasteiger partial charge is 0.395 e. The fraction of sp³-hybridized carbons (Fsp3) is 0.615. The minimum Gasteiger partial charge on any atom is -0.395 e. The van der Waals surface area contributed by atoms with Crippen molar-refractivity contribution in [3.63, 3.8) is 0 Å². The Morgan fingerprint density at radius 1 is 1.42 bits per heavy atom. The van der Waals surface area contributed by atoms with Crippen LogP contribution in [-0.4, -0.2) is 28.3 Å². The third kappa shape index (κ3) is 2.94. The van der Waals surface area contributed by atoms with Crippen LogP contribution in [0.25, 0.3) is 0 Å². The second kappa shape index (κ2) is 5.86. The first-order valence-electron chi connectivity index (χ1n) is 6.68. The van der Waals surface area contributed by atoms with Gasteiger partial charge < -0.3 is 9.32 Å². The van der Waals surface area contributed by atoms with Gasteiger partial charge in [-0.3, -0.25) is 14.9 Å². The van der Waals surface area contributed by atoms with Crippen LogP contribution >= 0.6 is 0 Å². The third-order valence-corrected chi connectivity index (χ3v) is 3.60. The lowest BCUT2D eigenvalue weighted by Crippen LogP contribution is -2.41. The van der Waals surface area contributed by atoms with Gasteiger partial charge in [0.1, 0.15) is 4.92 Å². The van der Waals surface area contributed by atoms with Crippen molar-refractivity contribution < 1.29 is 14.1 Å². The Bertz CT molecular complexity index is 463. The molecule has 1 fully saturated rings. The summed E-state index contributed by atoms with van der Waals surface area (Å²) in [5.74, 6) is -0.579. The van der Waals surface area contributed by atoms with Crippen LogP contribution in [0, 0.1) is 10.1 Å². The number of carbonyl (C=O) groups excluding carboxylic acids is 1. The van der Waals surface area contributed by atoms with E-state index in [9.17, 15) is 14.9 Å². The van der Waals surface area contributed by atoms with Gasteiger partial charge in [-0.05, 0) is 25.8 Å². The third-order valence-electron chi connectivity index (χ3n) is 3.60. The van der Waals surface area contributed by atoms with Crippen molar-refractivity contribution in [3.8, 4) is 0 Å². The predicted molar refractivity (Wildman–Crippen MR) is 68.9 cm³/mol. The molecular weight excluding hydrogens is 248 g/mol. The van der Waals surface area contributed by atoms with E-state index in [0.29, 0.717) is 6.54 Å². The zero-order valence-corrected chi connectivity index (χ0v) is 11.0. The predicted octanol–water partition coefficient (Wildman–Crippen LogP) is 2.98. The zero-order valence-electron chi connectivity index (χ0n) is 11.0. The van der Waals surface area contributed by atoms with Crippen LogP contribution in [-0.2, 0) is 0 Å². The molecule has 0 spiro atoms. The molecule has 0 bridgehead atoms. The maximum Gasteiger partial charge on any atom is 0.433 e. The Morgan fingerprint density at radius 2 is 2.11 bits per heavy atom. The molecule has 1 amide bonds. The van der Waals surface area contributed by atoms with Gasteiger partial charge in [-0.25, -0.2) is 0 Å². The van der Waals surface area contributed by atoms with Crippen molar-refractivity contribution in [2.24, 2.45) is 0 Å². The summed E-state index contributed by atoms with van der Waals surface area (Å²) in [5, 5.41) is 10.6. The fourth-order valence-electron chi connectivity index (χ4n) is 2.64. The summed E-state index contributed by atoms with van der Waals surface area (Å²) in [7, 11) is 0. The average molecular weight is 266 g/mol. The van der Waals surface area contributed by atoms with E-state index >= 15 is 0 Å². The summed E-state index contributed by atoms with van der Waals surface area (Å²) in [6.07, 6.45) is 5.48. The van der Waals surface area contributed by atoms with Crippen LogP contribution in [0.4, 0.5) is 5.88 Å². The van der Waals surface area contributed by atoms with Crippen LogP contribution in [0.2, 0.25) is 0 Å². The number of nitrogens with zero attached hydrogens (tertiary/aromatic N) is 2. The lowest BCUT2D eigenvalue weighted by atomic mass is 9.94. The molecular formula is C13H18N2O4. The maximum atomic E-state index is 12.3. The van der Waals surface area contributed by atoms with Crippen LogP contribution in [0.5, 0.6) is 0 Å². The Balaban J connectivity index is 2.12. The molecule has 1 aromatic heterocycles. The first-order valence-corrected chi connectivity index (χ1v) is 6.68. The van der Waals surface area contributed by atoms with Gasteiger partial charge in [0.05, 0.1) is 6.07 Å². The van der Waals surface area contributed by atoms with Crippen molar-refractivity contribution in [3.05, 3.63) is 28.0 Å². The molecule has 0 saturated heterocycles. The number of hydrogen-bond acceptors (Lipinski definition) is 4. The van der Waals surface area contributed by atoms with E-state index in [1.807, 2.05) is 6.92 Å². The molecule has 6 heteroatoms. The molecule has 2 rings (SSSR count). The van der Waals surface area contributed by atoms with E-state index in [1.165, 1.54) is 18.6 Å². The molecule has 19 heavy (non-hydrogen) atoms. The van der Waals surface area contributed by atoms with E-state index in [4.69, 9.17) is 4.42 Å². The van der Waals surface area contributed by atoms with E-state index in [-0.39, 0.29) is 23.6 Å². The Morgan fingerprint density at radius 3 is 2.63 bits per heavy atom. The van der Waals surface area contributed by atoms with Crippen LogP contribution in [0.3, 0.4) is 0 Å². The SMILES string of the molecule is CCN(C(=O)c1ccc([N+](=O)[O-])o1)C1CCCCC1. The molecule has 0 aromatic carbocycles. The molecule has 1 aliphatic carbocycles. The minimum atomic E-state index is -0.631. The minimum absolute atomic E-state index is 0.0547. The summed E-state index contributed by atoms with van der Waals surface area (Å²) >= 11 is 0. The van der Waals surface area contributed by atoms with E-state index in [0.717, 1.165) is 25.7 Å².